The van der Waals surface area contributed by atoms with Gasteiger partial charge in [-0.15, -0.1) is 0 Å². The van der Waals surface area contributed by atoms with Gasteiger partial charge in [0.25, 0.3) is 0 Å². The number of nitrogens with zero attached hydrogens (tertiary/aromatic N) is 5. The monoisotopic (exact) mass is 391 g/mol. The van der Waals surface area contributed by atoms with Crippen molar-refractivity contribution in [2.75, 3.05) is 18.0 Å². The van der Waals surface area contributed by atoms with Crippen LogP contribution in [0.25, 0.3) is 16.8 Å². The Morgan fingerprint density at radius 2 is 1.73 bits per heavy atom. The first-order chi connectivity index (χ1) is 12.5. The highest BCUT2D eigenvalue weighted by molar-refractivity contribution is 6.36. The zero-order valence-corrected chi connectivity index (χ0v) is 17.1. The van der Waals surface area contributed by atoms with Gasteiger partial charge >= 0.3 is 0 Å². The van der Waals surface area contributed by atoms with Gasteiger partial charge in [0, 0.05) is 23.7 Å². The van der Waals surface area contributed by atoms with E-state index in [4.69, 9.17) is 28.3 Å². The highest BCUT2D eigenvalue weighted by Gasteiger charge is 2.21. The summed E-state index contributed by atoms with van der Waals surface area (Å²) in [5, 5.41) is 5.94. The van der Waals surface area contributed by atoms with Crippen molar-refractivity contribution in [2.45, 2.75) is 40.5 Å². The fourth-order valence-electron chi connectivity index (χ4n) is 3.19. The Kier molecular flexibility index (Phi) is 5.68. The number of hydrogen-bond acceptors (Lipinski definition) is 4. The van der Waals surface area contributed by atoms with Crippen molar-refractivity contribution in [1.29, 1.82) is 0 Å². The first kappa shape index (κ1) is 18.9. The fourth-order valence-corrected chi connectivity index (χ4v) is 3.69. The quantitative estimate of drug-likeness (QED) is 0.568. The summed E-state index contributed by atoms with van der Waals surface area (Å²) in [4.78, 5) is 11.6. The molecule has 0 unspecified atom stereocenters. The van der Waals surface area contributed by atoms with Crippen LogP contribution in [0.5, 0.6) is 0 Å². The average molecular weight is 392 g/mol. The number of rotatable bonds is 6. The second-order valence-corrected chi connectivity index (χ2v) is 7.22. The van der Waals surface area contributed by atoms with Gasteiger partial charge in [-0.3, -0.25) is 0 Å². The van der Waals surface area contributed by atoms with Gasteiger partial charge in [0.2, 0.25) is 5.95 Å². The van der Waals surface area contributed by atoms with E-state index in [-0.39, 0.29) is 0 Å². The van der Waals surface area contributed by atoms with Crippen molar-refractivity contribution in [3.05, 3.63) is 39.8 Å². The number of fused-ring (bicyclic) bond motifs is 1. The second-order valence-electron chi connectivity index (χ2n) is 6.38. The molecule has 5 nitrogen and oxygen atoms in total. The van der Waals surface area contributed by atoms with E-state index in [1.165, 1.54) is 0 Å². The van der Waals surface area contributed by atoms with Gasteiger partial charge < -0.3 is 4.90 Å². The third-order valence-electron chi connectivity index (χ3n) is 4.23. The van der Waals surface area contributed by atoms with Crippen LogP contribution in [0.2, 0.25) is 10.0 Å². The molecule has 0 aliphatic heterocycles. The third-order valence-corrected chi connectivity index (χ3v) is 4.77. The average Bonchev–Trinajstić information content (AvgIpc) is 2.90. The largest absolute Gasteiger partial charge is 0.341 e. The summed E-state index contributed by atoms with van der Waals surface area (Å²) >= 11 is 12.5. The van der Waals surface area contributed by atoms with E-state index in [0.717, 1.165) is 60.2 Å². The molecular weight excluding hydrogens is 369 g/mol. The molecule has 0 N–H and O–H groups in total. The summed E-state index contributed by atoms with van der Waals surface area (Å²) in [5.41, 5.74) is 3.44. The number of hydrogen-bond donors (Lipinski definition) is 0. The minimum absolute atomic E-state index is 0.590. The van der Waals surface area contributed by atoms with E-state index >= 15 is 0 Å². The Balaban J connectivity index is 2.26. The summed E-state index contributed by atoms with van der Waals surface area (Å²) in [7, 11) is 0. The summed E-state index contributed by atoms with van der Waals surface area (Å²) in [6.07, 6.45) is 2.08. The maximum atomic E-state index is 6.46. The fraction of sp³-hybridized carbons (Fsp3) is 0.421. The van der Waals surface area contributed by atoms with Crippen molar-refractivity contribution >= 4 is 34.8 Å². The van der Waals surface area contributed by atoms with Gasteiger partial charge in [-0.2, -0.15) is 14.6 Å². The van der Waals surface area contributed by atoms with Crippen LogP contribution in [0.3, 0.4) is 0 Å². The smallest absolute Gasteiger partial charge is 0.230 e. The van der Waals surface area contributed by atoms with E-state index in [2.05, 4.69) is 28.7 Å². The molecule has 7 heteroatoms. The second kappa shape index (κ2) is 7.80. The summed E-state index contributed by atoms with van der Waals surface area (Å²) < 4.78 is 1.84. The van der Waals surface area contributed by atoms with Crippen LogP contribution in [0.15, 0.2) is 18.2 Å². The Labute approximate surface area is 164 Å². The number of aromatic nitrogens is 4. The van der Waals surface area contributed by atoms with E-state index in [1.807, 2.05) is 30.5 Å². The molecule has 0 radical (unpaired) electrons. The maximum Gasteiger partial charge on any atom is 0.230 e. The first-order valence-corrected chi connectivity index (χ1v) is 9.66. The lowest BCUT2D eigenvalue weighted by atomic mass is 10.1. The molecule has 0 fully saturated rings. The van der Waals surface area contributed by atoms with Crippen LogP contribution in [-0.4, -0.2) is 32.7 Å². The minimum atomic E-state index is 0.590. The predicted molar refractivity (Wildman–Crippen MR) is 109 cm³/mol. The molecule has 2 aromatic heterocycles. The molecule has 138 valence electrons. The Hall–Kier alpha value is -1.85. The molecule has 3 aromatic rings. The van der Waals surface area contributed by atoms with Crippen molar-refractivity contribution in [3.8, 4) is 11.1 Å². The first-order valence-electron chi connectivity index (χ1n) is 8.90. The molecule has 0 spiro atoms. The molecule has 2 heterocycles. The minimum Gasteiger partial charge on any atom is -0.341 e. The molecule has 1 aromatic carbocycles. The summed E-state index contributed by atoms with van der Waals surface area (Å²) in [5.74, 6) is 1.55. The summed E-state index contributed by atoms with van der Waals surface area (Å²) in [6, 6.07) is 5.50. The van der Waals surface area contributed by atoms with E-state index in [1.54, 1.807) is 6.07 Å². The molecular formula is C19H23Cl2N5. The van der Waals surface area contributed by atoms with E-state index in [9.17, 15) is 0 Å². The van der Waals surface area contributed by atoms with Gasteiger partial charge in [0.1, 0.15) is 5.82 Å². The van der Waals surface area contributed by atoms with Crippen LogP contribution in [0, 0.1) is 13.8 Å². The number of anilines is 1. The van der Waals surface area contributed by atoms with Crippen LogP contribution in [0.1, 0.15) is 38.2 Å². The third kappa shape index (κ3) is 3.51. The van der Waals surface area contributed by atoms with Crippen molar-refractivity contribution < 1.29 is 0 Å². The number of halogens is 2. The Morgan fingerprint density at radius 3 is 2.35 bits per heavy atom. The van der Waals surface area contributed by atoms with E-state index in [0.29, 0.717) is 10.0 Å². The molecule has 0 saturated carbocycles. The van der Waals surface area contributed by atoms with Gasteiger partial charge in [-0.25, -0.2) is 4.98 Å². The lowest BCUT2D eigenvalue weighted by Crippen LogP contribution is -2.28. The molecule has 0 bridgehead atoms. The van der Waals surface area contributed by atoms with Crippen molar-refractivity contribution in [1.82, 2.24) is 19.6 Å². The lowest BCUT2D eigenvalue weighted by Gasteiger charge is -2.23. The Morgan fingerprint density at radius 1 is 1.04 bits per heavy atom. The van der Waals surface area contributed by atoms with Gasteiger partial charge in [-0.1, -0.05) is 43.1 Å². The maximum absolute atomic E-state index is 6.46. The van der Waals surface area contributed by atoms with Gasteiger partial charge in [0.05, 0.1) is 16.3 Å². The highest BCUT2D eigenvalue weighted by Crippen LogP contribution is 2.35. The lowest BCUT2D eigenvalue weighted by molar-refractivity contribution is 0.692. The van der Waals surface area contributed by atoms with Gasteiger partial charge in [0.15, 0.2) is 5.65 Å². The zero-order valence-electron chi connectivity index (χ0n) is 15.6. The summed E-state index contributed by atoms with van der Waals surface area (Å²) in [6.45, 7) is 10.1. The van der Waals surface area contributed by atoms with Crippen LogP contribution >= 0.6 is 23.2 Å². The van der Waals surface area contributed by atoms with Gasteiger partial charge in [-0.05, 0) is 38.8 Å². The van der Waals surface area contributed by atoms with Crippen LogP contribution in [0.4, 0.5) is 5.95 Å². The normalized spacial score (nSPS) is 11.3. The molecule has 26 heavy (non-hydrogen) atoms. The number of aryl methyl sites for hydroxylation is 2. The standard InChI is InChI=1S/C19H23Cl2N5/c1-5-9-25(10-6-2)19-23-13(4)22-18-17(12(3)24-26(18)19)15-8-7-14(20)11-16(15)21/h7-8,11H,5-6,9-10H2,1-4H3. The zero-order chi connectivity index (χ0) is 18.8. The van der Waals surface area contributed by atoms with E-state index < -0.39 is 0 Å². The molecule has 0 amide bonds. The molecule has 3 rings (SSSR count). The highest BCUT2D eigenvalue weighted by atomic mass is 35.5. The molecule has 0 saturated heterocycles. The topological polar surface area (TPSA) is 46.3 Å². The Bertz CT molecular complexity index is 929. The van der Waals surface area contributed by atoms with Crippen LogP contribution < -0.4 is 4.90 Å². The van der Waals surface area contributed by atoms with Crippen molar-refractivity contribution in [2.24, 2.45) is 0 Å². The predicted octanol–water partition coefficient (Wildman–Crippen LogP) is 5.34. The molecule has 0 atom stereocenters. The molecule has 0 aliphatic carbocycles. The molecule has 0 aliphatic rings. The van der Waals surface area contributed by atoms with Crippen molar-refractivity contribution in [3.63, 3.8) is 0 Å². The number of benzene rings is 1. The SMILES string of the molecule is CCCN(CCC)c1nc(C)nc2c(-c3ccc(Cl)cc3Cl)c(C)nn12. The van der Waals surface area contributed by atoms with Crippen LogP contribution in [-0.2, 0) is 0 Å².